The van der Waals surface area contributed by atoms with Crippen LogP contribution >= 0.6 is 15.9 Å². The molecule has 0 aliphatic heterocycles. The Morgan fingerprint density at radius 1 is 0.975 bits per heavy atom. The van der Waals surface area contributed by atoms with Crippen LogP contribution in [0.15, 0.2) is 71.2 Å². The number of nitrogens with one attached hydrogen (secondary N) is 2. The van der Waals surface area contributed by atoms with E-state index in [0.29, 0.717) is 27.3 Å². The van der Waals surface area contributed by atoms with Crippen LogP contribution in [0.2, 0.25) is 0 Å². The van der Waals surface area contributed by atoms with Crippen LogP contribution in [0, 0.1) is 5.82 Å². The zero-order valence-corrected chi connectivity index (χ0v) is 23.3. The van der Waals surface area contributed by atoms with Crippen molar-refractivity contribution in [2.24, 2.45) is 0 Å². The second-order valence-electron chi connectivity index (χ2n) is 9.81. The Morgan fingerprint density at radius 2 is 1.65 bits per heavy atom. The lowest BCUT2D eigenvalue weighted by atomic mass is 9.84. The molecular weight excluding hydrogens is 584 g/mol. The SMILES string of the molecule is O=C(NCC(F)C(=O)O)c1ccc(CN(C(=O)Nc2cc(F)cc(Br)c2)c2ccc(C3CCCCC3)cc2)cc1. The summed E-state index contributed by atoms with van der Waals surface area (Å²) >= 11 is 3.24. The van der Waals surface area contributed by atoms with Gasteiger partial charge in [-0.3, -0.25) is 9.69 Å². The van der Waals surface area contributed by atoms with Crippen LogP contribution in [0.5, 0.6) is 0 Å². The van der Waals surface area contributed by atoms with Gasteiger partial charge in [-0.2, -0.15) is 0 Å². The van der Waals surface area contributed by atoms with E-state index >= 15 is 0 Å². The number of halogens is 3. The summed E-state index contributed by atoms with van der Waals surface area (Å²) in [6.07, 6.45) is 3.80. The van der Waals surface area contributed by atoms with Crippen molar-refractivity contribution in [3.63, 3.8) is 0 Å². The third-order valence-corrected chi connectivity index (χ3v) is 7.36. The Labute approximate surface area is 239 Å². The van der Waals surface area contributed by atoms with Gasteiger partial charge in [-0.1, -0.05) is 59.5 Å². The van der Waals surface area contributed by atoms with E-state index in [1.807, 2.05) is 24.3 Å². The molecule has 7 nitrogen and oxygen atoms in total. The second-order valence-corrected chi connectivity index (χ2v) is 10.7. The molecule has 1 saturated carbocycles. The molecule has 0 spiro atoms. The first kappa shape index (κ1) is 29.2. The summed E-state index contributed by atoms with van der Waals surface area (Å²) in [7, 11) is 0. The maximum Gasteiger partial charge on any atom is 0.340 e. The van der Waals surface area contributed by atoms with Gasteiger partial charge in [0.25, 0.3) is 5.91 Å². The third kappa shape index (κ3) is 7.88. The maximum absolute atomic E-state index is 13.9. The molecule has 10 heteroatoms. The molecule has 3 aromatic carbocycles. The number of alkyl halides is 1. The molecule has 1 aliphatic rings. The van der Waals surface area contributed by atoms with E-state index < -0.39 is 36.4 Å². The number of aliphatic carboxylic acids is 1. The van der Waals surface area contributed by atoms with Crippen molar-refractivity contribution in [3.8, 4) is 0 Å². The van der Waals surface area contributed by atoms with Crippen LogP contribution in [0.25, 0.3) is 0 Å². The van der Waals surface area contributed by atoms with Crippen molar-refractivity contribution in [3.05, 3.63) is 93.7 Å². The van der Waals surface area contributed by atoms with E-state index in [-0.39, 0.29) is 12.1 Å². The van der Waals surface area contributed by atoms with Gasteiger partial charge >= 0.3 is 12.0 Å². The Hall–Kier alpha value is -3.79. The molecule has 40 heavy (non-hydrogen) atoms. The Bertz CT molecular complexity index is 1330. The molecule has 3 aromatic rings. The minimum absolute atomic E-state index is 0.151. The molecular formula is C30H30BrF2N3O4. The number of nitrogens with zero attached hydrogens (tertiary/aromatic N) is 1. The summed E-state index contributed by atoms with van der Waals surface area (Å²) in [6, 6.07) is 17.9. The normalized spacial score (nSPS) is 14.3. The number of amides is 3. The largest absolute Gasteiger partial charge is 0.479 e. The van der Waals surface area contributed by atoms with Crippen molar-refractivity contribution in [1.29, 1.82) is 0 Å². The molecule has 0 radical (unpaired) electrons. The fraction of sp³-hybridized carbons (Fsp3) is 0.300. The van der Waals surface area contributed by atoms with Crippen LogP contribution in [-0.4, -0.2) is 35.7 Å². The fourth-order valence-electron chi connectivity index (χ4n) is 4.78. The van der Waals surface area contributed by atoms with Gasteiger partial charge in [0.15, 0.2) is 0 Å². The second kappa shape index (κ2) is 13.5. The van der Waals surface area contributed by atoms with Crippen molar-refractivity contribution in [1.82, 2.24) is 5.32 Å². The first-order chi connectivity index (χ1) is 19.2. The number of anilines is 2. The standard InChI is InChI=1S/C30H30BrF2N3O4/c31-23-14-24(32)16-25(15-23)35-30(40)36(26-12-10-21(11-13-26)20-4-2-1-3-5-20)18-19-6-8-22(9-7-19)28(37)34-17-27(33)29(38)39/h6-16,20,27H,1-5,17-18H2,(H,34,37)(H,35,40)(H,38,39). The topological polar surface area (TPSA) is 98.7 Å². The number of carboxylic acids is 1. The fourth-order valence-corrected chi connectivity index (χ4v) is 5.24. The summed E-state index contributed by atoms with van der Waals surface area (Å²) in [4.78, 5) is 37.9. The molecule has 1 fully saturated rings. The van der Waals surface area contributed by atoms with E-state index in [2.05, 4.69) is 26.6 Å². The average Bonchev–Trinajstić information content (AvgIpc) is 2.94. The zero-order chi connectivity index (χ0) is 28.6. The Kier molecular flexibility index (Phi) is 9.87. The molecule has 1 unspecified atom stereocenters. The van der Waals surface area contributed by atoms with Gasteiger partial charge in [0, 0.05) is 21.4 Å². The minimum atomic E-state index is -2.20. The summed E-state index contributed by atoms with van der Waals surface area (Å²) in [6.45, 7) is -0.491. The zero-order valence-electron chi connectivity index (χ0n) is 21.7. The summed E-state index contributed by atoms with van der Waals surface area (Å²) in [5, 5.41) is 13.6. The van der Waals surface area contributed by atoms with Gasteiger partial charge in [0.1, 0.15) is 5.82 Å². The average molecular weight is 614 g/mol. The molecule has 3 N–H and O–H groups in total. The molecule has 1 atom stereocenters. The number of carboxylic acid groups (broad SMARTS) is 1. The molecule has 3 amide bonds. The van der Waals surface area contributed by atoms with Crippen molar-refractivity contribution in [2.75, 3.05) is 16.8 Å². The van der Waals surface area contributed by atoms with Gasteiger partial charge < -0.3 is 15.7 Å². The quantitative estimate of drug-likeness (QED) is 0.241. The first-order valence-electron chi connectivity index (χ1n) is 13.1. The first-order valence-corrected chi connectivity index (χ1v) is 13.9. The van der Waals surface area contributed by atoms with Gasteiger partial charge in [0.2, 0.25) is 6.17 Å². The monoisotopic (exact) mass is 613 g/mol. The van der Waals surface area contributed by atoms with Crippen LogP contribution in [0.4, 0.5) is 25.0 Å². The highest BCUT2D eigenvalue weighted by Gasteiger charge is 2.21. The summed E-state index contributed by atoms with van der Waals surface area (Å²) < 4.78 is 27.7. The van der Waals surface area contributed by atoms with E-state index in [0.717, 1.165) is 12.8 Å². The van der Waals surface area contributed by atoms with Crippen molar-refractivity contribution < 1.29 is 28.3 Å². The van der Waals surface area contributed by atoms with Crippen LogP contribution in [-0.2, 0) is 11.3 Å². The van der Waals surface area contributed by atoms with Crippen LogP contribution in [0.1, 0.15) is 59.5 Å². The number of rotatable bonds is 9. The number of hydrogen-bond acceptors (Lipinski definition) is 3. The highest BCUT2D eigenvalue weighted by Crippen LogP contribution is 2.33. The number of urea groups is 1. The molecule has 210 valence electrons. The van der Waals surface area contributed by atoms with Crippen LogP contribution in [0.3, 0.4) is 0 Å². The van der Waals surface area contributed by atoms with E-state index in [1.165, 1.54) is 54.0 Å². The van der Waals surface area contributed by atoms with Crippen molar-refractivity contribution >= 4 is 45.2 Å². The lowest BCUT2D eigenvalue weighted by Gasteiger charge is -2.26. The lowest BCUT2D eigenvalue weighted by Crippen LogP contribution is -2.35. The molecule has 4 rings (SSSR count). The number of benzene rings is 3. The van der Waals surface area contributed by atoms with Crippen molar-refractivity contribution in [2.45, 2.75) is 50.7 Å². The smallest absolute Gasteiger partial charge is 0.340 e. The maximum atomic E-state index is 13.9. The highest BCUT2D eigenvalue weighted by molar-refractivity contribution is 9.10. The van der Waals surface area contributed by atoms with E-state index in [1.54, 1.807) is 18.2 Å². The molecule has 0 saturated heterocycles. The van der Waals surface area contributed by atoms with E-state index in [4.69, 9.17) is 5.11 Å². The number of carbonyl (C=O) groups excluding carboxylic acids is 2. The molecule has 0 aromatic heterocycles. The highest BCUT2D eigenvalue weighted by atomic mass is 79.9. The molecule has 1 aliphatic carbocycles. The summed E-state index contributed by atoms with van der Waals surface area (Å²) in [5.41, 5.74) is 3.11. The lowest BCUT2D eigenvalue weighted by molar-refractivity contribution is -0.142. The minimum Gasteiger partial charge on any atom is -0.479 e. The predicted octanol–water partition coefficient (Wildman–Crippen LogP) is 7.03. The van der Waals surface area contributed by atoms with Gasteiger partial charge in [0.05, 0.1) is 13.1 Å². The predicted molar refractivity (Wildman–Crippen MR) is 153 cm³/mol. The van der Waals surface area contributed by atoms with Crippen LogP contribution < -0.4 is 15.5 Å². The third-order valence-electron chi connectivity index (χ3n) is 6.91. The number of carbonyl (C=O) groups is 3. The van der Waals surface area contributed by atoms with E-state index in [9.17, 15) is 23.2 Å². The molecule has 0 bridgehead atoms. The van der Waals surface area contributed by atoms with Gasteiger partial charge in [-0.05, 0) is 72.4 Å². The Balaban J connectivity index is 1.52. The van der Waals surface area contributed by atoms with Gasteiger partial charge in [-0.25, -0.2) is 18.4 Å². The Morgan fingerprint density at radius 3 is 2.27 bits per heavy atom. The number of hydrogen-bond donors (Lipinski definition) is 3. The van der Waals surface area contributed by atoms with Gasteiger partial charge in [-0.15, -0.1) is 0 Å². The molecule has 0 heterocycles. The summed E-state index contributed by atoms with van der Waals surface area (Å²) in [5.74, 6) is -2.24.